The first-order chi connectivity index (χ1) is 11.1. The lowest BCUT2D eigenvalue weighted by atomic mass is 10.1. The molecule has 3 rings (SSSR count). The molecule has 3 aromatic rings. The highest BCUT2D eigenvalue weighted by molar-refractivity contribution is 5.87. The number of hydrogen-bond donors (Lipinski definition) is 1. The monoisotopic (exact) mass is 308 g/mol. The minimum atomic E-state index is 0.753. The summed E-state index contributed by atoms with van der Waals surface area (Å²) < 4.78 is 2.32. The van der Waals surface area contributed by atoms with Gasteiger partial charge in [0.25, 0.3) is 0 Å². The fraction of sp³-hybridized carbons (Fsp3) is 0.316. The fourth-order valence-electron chi connectivity index (χ4n) is 2.92. The standard InChI is InChI=1S/C19H24N4/c1-22(2)12-7-13-23-17-11-6-10-16(20)19(17)21-18(23)14-15-8-4-3-5-9-15/h3-6,8-11H,7,12-14,20H2,1-2H3. The van der Waals surface area contributed by atoms with Crippen LogP contribution in [0.15, 0.2) is 48.5 Å². The van der Waals surface area contributed by atoms with Crippen LogP contribution in [0.5, 0.6) is 0 Å². The zero-order valence-corrected chi connectivity index (χ0v) is 13.9. The SMILES string of the molecule is CN(C)CCCn1c(Cc2ccccc2)nc2c(N)cccc21. The second kappa shape index (κ2) is 6.84. The molecule has 0 aliphatic carbocycles. The van der Waals surface area contributed by atoms with Gasteiger partial charge in [-0.1, -0.05) is 36.4 Å². The summed E-state index contributed by atoms with van der Waals surface area (Å²) in [6, 6.07) is 16.5. The van der Waals surface area contributed by atoms with E-state index in [-0.39, 0.29) is 0 Å². The van der Waals surface area contributed by atoms with E-state index in [0.29, 0.717) is 0 Å². The van der Waals surface area contributed by atoms with Crippen molar-refractivity contribution in [3.8, 4) is 0 Å². The number of anilines is 1. The molecule has 0 spiro atoms. The number of benzene rings is 2. The zero-order valence-electron chi connectivity index (χ0n) is 13.9. The number of nitrogens with two attached hydrogens (primary N) is 1. The van der Waals surface area contributed by atoms with Gasteiger partial charge in [-0.05, 0) is 44.8 Å². The summed E-state index contributed by atoms with van der Waals surface area (Å²) in [6.45, 7) is 2.02. The van der Waals surface area contributed by atoms with Crippen molar-refractivity contribution in [1.29, 1.82) is 0 Å². The Morgan fingerprint density at radius 1 is 1.04 bits per heavy atom. The number of aryl methyl sites for hydroxylation is 1. The van der Waals surface area contributed by atoms with Crippen molar-refractivity contribution in [1.82, 2.24) is 14.5 Å². The Kier molecular flexibility index (Phi) is 4.63. The summed E-state index contributed by atoms with van der Waals surface area (Å²) in [7, 11) is 4.21. The molecule has 2 N–H and O–H groups in total. The molecule has 2 aromatic carbocycles. The first-order valence-electron chi connectivity index (χ1n) is 8.07. The summed E-state index contributed by atoms with van der Waals surface area (Å²) in [6.07, 6.45) is 1.92. The van der Waals surface area contributed by atoms with Gasteiger partial charge in [0.05, 0.1) is 11.2 Å². The summed E-state index contributed by atoms with van der Waals surface area (Å²) in [5.41, 5.74) is 10.2. The van der Waals surface area contributed by atoms with Gasteiger partial charge < -0.3 is 15.2 Å². The van der Waals surface area contributed by atoms with Crippen LogP contribution in [-0.2, 0) is 13.0 Å². The van der Waals surface area contributed by atoms with E-state index in [1.54, 1.807) is 0 Å². The third-order valence-electron chi connectivity index (χ3n) is 4.08. The highest BCUT2D eigenvalue weighted by Gasteiger charge is 2.13. The molecule has 0 saturated heterocycles. The average molecular weight is 308 g/mol. The second-order valence-electron chi connectivity index (χ2n) is 6.21. The number of hydrogen-bond acceptors (Lipinski definition) is 3. The van der Waals surface area contributed by atoms with E-state index in [1.807, 2.05) is 18.2 Å². The first kappa shape index (κ1) is 15.6. The van der Waals surface area contributed by atoms with E-state index in [4.69, 9.17) is 10.7 Å². The van der Waals surface area contributed by atoms with Crippen molar-refractivity contribution in [3.63, 3.8) is 0 Å². The van der Waals surface area contributed by atoms with Crippen LogP contribution in [0.4, 0.5) is 5.69 Å². The summed E-state index contributed by atoms with van der Waals surface area (Å²) in [5.74, 6) is 1.09. The fourth-order valence-corrected chi connectivity index (χ4v) is 2.92. The molecular weight excluding hydrogens is 284 g/mol. The Morgan fingerprint density at radius 3 is 2.57 bits per heavy atom. The topological polar surface area (TPSA) is 47.1 Å². The molecule has 0 saturated carbocycles. The van der Waals surface area contributed by atoms with E-state index >= 15 is 0 Å². The van der Waals surface area contributed by atoms with Gasteiger partial charge in [-0.25, -0.2) is 4.98 Å². The molecule has 4 heteroatoms. The van der Waals surface area contributed by atoms with Crippen LogP contribution in [0.3, 0.4) is 0 Å². The minimum Gasteiger partial charge on any atom is -0.397 e. The highest BCUT2D eigenvalue weighted by atomic mass is 15.1. The van der Waals surface area contributed by atoms with Crippen molar-refractivity contribution >= 4 is 16.7 Å². The number of aromatic nitrogens is 2. The summed E-state index contributed by atoms with van der Waals surface area (Å²) in [4.78, 5) is 7.04. The van der Waals surface area contributed by atoms with Crippen LogP contribution in [0.25, 0.3) is 11.0 Å². The number of fused-ring (bicyclic) bond motifs is 1. The molecule has 4 nitrogen and oxygen atoms in total. The summed E-state index contributed by atoms with van der Waals surface area (Å²) >= 11 is 0. The lowest BCUT2D eigenvalue weighted by molar-refractivity contribution is 0.386. The summed E-state index contributed by atoms with van der Waals surface area (Å²) in [5, 5.41) is 0. The second-order valence-corrected chi connectivity index (χ2v) is 6.21. The van der Waals surface area contributed by atoms with E-state index in [1.165, 1.54) is 5.56 Å². The van der Waals surface area contributed by atoms with E-state index in [0.717, 1.165) is 48.5 Å². The predicted octanol–water partition coefficient (Wildman–Crippen LogP) is 3.16. The highest BCUT2D eigenvalue weighted by Crippen LogP contribution is 2.23. The molecule has 0 fully saturated rings. The lowest BCUT2D eigenvalue weighted by Gasteiger charge is -2.12. The van der Waals surface area contributed by atoms with Crippen LogP contribution in [0.1, 0.15) is 17.8 Å². The molecule has 120 valence electrons. The number of imidazole rings is 1. The maximum absolute atomic E-state index is 6.12. The molecule has 0 amide bonds. The van der Waals surface area contributed by atoms with Crippen LogP contribution in [-0.4, -0.2) is 35.1 Å². The van der Waals surface area contributed by atoms with Crippen molar-refractivity contribution in [3.05, 3.63) is 59.9 Å². The smallest absolute Gasteiger partial charge is 0.114 e. The van der Waals surface area contributed by atoms with Crippen molar-refractivity contribution < 1.29 is 0 Å². The number of nitrogens with zero attached hydrogens (tertiary/aromatic N) is 3. The van der Waals surface area contributed by atoms with Crippen LogP contribution in [0.2, 0.25) is 0 Å². The van der Waals surface area contributed by atoms with E-state index < -0.39 is 0 Å². The molecule has 0 aliphatic rings. The van der Waals surface area contributed by atoms with Gasteiger partial charge in [0.2, 0.25) is 0 Å². The van der Waals surface area contributed by atoms with Gasteiger partial charge in [0.1, 0.15) is 11.3 Å². The normalized spacial score (nSPS) is 11.4. The Labute approximate surface area is 137 Å². The van der Waals surface area contributed by atoms with Gasteiger partial charge in [0, 0.05) is 13.0 Å². The predicted molar refractivity (Wildman–Crippen MR) is 96.6 cm³/mol. The van der Waals surface area contributed by atoms with Crippen LogP contribution < -0.4 is 5.73 Å². The average Bonchev–Trinajstić information content (AvgIpc) is 2.87. The Balaban J connectivity index is 1.96. The van der Waals surface area contributed by atoms with E-state index in [2.05, 4.69) is 53.9 Å². The molecular formula is C19H24N4. The van der Waals surface area contributed by atoms with Gasteiger partial charge >= 0.3 is 0 Å². The Hall–Kier alpha value is -2.33. The van der Waals surface area contributed by atoms with Crippen LogP contribution in [0, 0.1) is 0 Å². The molecule has 0 aliphatic heterocycles. The van der Waals surface area contributed by atoms with E-state index in [9.17, 15) is 0 Å². The third-order valence-corrected chi connectivity index (χ3v) is 4.08. The van der Waals surface area contributed by atoms with Gasteiger partial charge in [-0.15, -0.1) is 0 Å². The van der Waals surface area contributed by atoms with Gasteiger partial charge in [-0.3, -0.25) is 0 Å². The van der Waals surface area contributed by atoms with Crippen LogP contribution >= 0.6 is 0 Å². The minimum absolute atomic E-state index is 0.753. The number of rotatable bonds is 6. The maximum atomic E-state index is 6.12. The number of nitrogen functional groups attached to an aromatic ring is 1. The molecule has 0 bridgehead atoms. The quantitative estimate of drug-likeness (QED) is 0.712. The Bertz CT molecular complexity index is 775. The van der Waals surface area contributed by atoms with Crippen molar-refractivity contribution in [2.75, 3.05) is 26.4 Å². The van der Waals surface area contributed by atoms with Crippen molar-refractivity contribution in [2.45, 2.75) is 19.4 Å². The molecule has 23 heavy (non-hydrogen) atoms. The Morgan fingerprint density at radius 2 is 1.83 bits per heavy atom. The zero-order chi connectivity index (χ0) is 16.2. The molecule has 0 unspecified atom stereocenters. The number of para-hydroxylation sites is 1. The van der Waals surface area contributed by atoms with Gasteiger partial charge in [-0.2, -0.15) is 0 Å². The molecule has 1 heterocycles. The molecule has 0 radical (unpaired) electrons. The lowest BCUT2D eigenvalue weighted by Crippen LogP contribution is -2.16. The third kappa shape index (κ3) is 3.54. The first-order valence-corrected chi connectivity index (χ1v) is 8.07. The molecule has 1 aromatic heterocycles. The largest absolute Gasteiger partial charge is 0.397 e. The van der Waals surface area contributed by atoms with Crippen molar-refractivity contribution in [2.24, 2.45) is 0 Å². The maximum Gasteiger partial charge on any atom is 0.114 e. The van der Waals surface area contributed by atoms with Gasteiger partial charge in [0.15, 0.2) is 0 Å². The molecule has 0 atom stereocenters.